The van der Waals surface area contributed by atoms with Crippen molar-refractivity contribution in [1.82, 2.24) is 5.32 Å². The Kier molecular flexibility index (Phi) is 6.22. The number of benzene rings is 1. The van der Waals surface area contributed by atoms with Crippen LogP contribution in [0, 0.1) is 0 Å². The van der Waals surface area contributed by atoms with Gasteiger partial charge in [-0.25, -0.2) is 0 Å². The Labute approximate surface area is 111 Å². The van der Waals surface area contributed by atoms with Crippen molar-refractivity contribution in [2.75, 3.05) is 13.7 Å². The van der Waals surface area contributed by atoms with Crippen LogP contribution in [-0.2, 0) is 20.7 Å². The van der Waals surface area contributed by atoms with Crippen LogP contribution in [0.4, 0.5) is 0 Å². The number of rotatable bonds is 6. The number of halogens is 1. The Bertz CT molecular complexity index is 420. The molecular weight excluding hydrogens is 254 g/mol. The fourth-order valence-electron chi connectivity index (χ4n) is 1.46. The Morgan fingerprint density at radius 3 is 2.83 bits per heavy atom. The Balaban J connectivity index is 2.24. The summed E-state index contributed by atoms with van der Waals surface area (Å²) in [4.78, 5) is 22.4. The summed E-state index contributed by atoms with van der Waals surface area (Å²) < 4.78 is 4.50. The average molecular weight is 270 g/mol. The molecule has 0 saturated heterocycles. The van der Waals surface area contributed by atoms with Gasteiger partial charge >= 0.3 is 5.97 Å². The number of carbonyl (C=O) groups is 2. The second-order valence-electron chi connectivity index (χ2n) is 3.84. The summed E-state index contributed by atoms with van der Waals surface area (Å²) in [5.74, 6) is -0.346. The Morgan fingerprint density at radius 1 is 1.39 bits per heavy atom. The summed E-state index contributed by atoms with van der Waals surface area (Å²) in [7, 11) is 1.35. The van der Waals surface area contributed by atoms with Crippen LogP contribution in [0.5, 0.6) is 0 Å². The molecular formula is C13H16ClNO3. The SMILES string of the molecule is COC(=O)CCCNC(=O)Cc1cccc(Cl)c1. The van der Waals surface area contributed by atoms with E-state index in [0.717, 1.165) is 5.56 Å². The first-order valence-electron chi connectivity index (χ1n) is 5.70. The lowest BCUT2D eigenvalue weighted by Crippen LogP contribution is -2.26. The van der Waals surface area contributed by atoms with Gasteiger partial charge in [0.2, 0.25) is 5.91 Å². The zero-order valence-corrected chi connectivity index (χ0v) is 11.0. The number of ether oxygens (including phenoxy) is 1. The third-order valence-electron chi connectivity index (χ3n) is 2.36. The van der Waals surface area contributed by atoms with Gasteiger partial charge in [-0.1, -0.05) is 23.7 Å². The van der Waals surface area contributed by atoms with E-state index in [-0.39, 0.29) is 11.9 Å². The van der Waals surface area contributed by atoms with Crippen molar-refractivity contribution in [3.63, 3.8) is 0 Å². The molecule has 0 aliphatic heterocycles. The van der Waals surface area contributed by atoms with Crippen molar-refractivity contribution in [3.05, 3.63) is 34.9 Å². The molecule has 0 unspecified atom stereocenters. The summed E-state index contributed by atoms with van der Waals surface area (Å²) in [6.07, 6.45) is 1.18. The zero-order valence-electron chi connectivity index (χ0n) is 10.2. The van der Waals surface area contributed by atoms with E-state index in [1.807, 2.05) is 12.1 Å². The molecule has 0 fully saturated rings. The predicted octanol–water partition coefficient (Wildman–Crippen LogP) is 1.95. The highest BCUT2D eigenvalue weighted by Gasteiger charge is 2.04. The fourth-order valence-corrected chi connectivity index (χ4v) is 1.67. The van der Waals surface area contributed by atoms with Crippen LogP contribution in [0.25, 0.3) is 0 Å². The van der Waals surface area contributed by atoms with Gasteiger partial charge in [-0.3, -0.25) is 9.59 Å². The van der Waals surface area contributed by atoms with Crippen LogP contribution in [0.15, 0.2) is 24.3 Å². The van der Waals surface area contributed by atoms with Gasteiger partial charge in [0, 0.05) is 18.0 Å². The quantitative estimate of drug-likeness (QED) is 0.634. The first-order valence-corrected chi connectivity index (χ1v) is 6.07. The van der Waals surface area contributed by atoms with Crippen LogP contribution in [0.2, 0.25) is 5.02 Å². The summed E-state index contributed by atoms with van der Waals surface area (Å²) in [6, 6.07) is 7.18. The molecule has 0 atom stereocenters. The molecule has 1 aromatic rings. The van der Waals surface area contributed by atoms with Gasteiger partial charge in [0.1, 0.15) is 0 Å². The number of carbonyl (C=O) groups excluding carboxylic acids is 2. The maximum atomic E-state index is 11.6. The molecule has 5 heteroatoms. The molecule has 0 radical (unpaired) electrons. The highest BCUT2D eigenvalue weighted by atomic mass is 35.5. The number of hydrogen-bond donors (Lipinski definition) is 1. The minimum Gasteiger partial charge on any atom is -0.469 e. The van der Waals surface area contributed by atoms with E-state index >= 15 is 0 Å². The number of nitrogens with one attached hydrogen (secondary N) is 1. The van der Waals surface area contributed by atoms with Gasteiger partial charge < -0.3 is 10.1 Å². The van der Waals surface area contributed by atoms with Gasteiger partial charge in [0.25, 0.3) is 0 Å². The molecule has 0 saturated carbocycles. The molecule has 0 spiro atoms. The standard InChI is InChI=1S/C13H16ClNO3/c1-18-13(17)6-3-7-15-12(16)9-10-4-2-5-11(14)8-10/h2,4-5,8H,3,6-7,9H2,1H3,(H,15,16). The van der Waals surface area contributed by atoms with Crippen molar-refractivity contribution >= 4 is 23.5 Å². The predicted molar refractivity (Wildman–Crippen MR) is 69.4 cm³/mol. The highest BCUT2D eigenvalue weighted by molar-refractivity contribution is 6.30. The lowest BCUT2D eigenvalue weighted by atomic mass is 10.1. The minimum absolute atomic E-state index is 0.0814. The lowest BCUT2D eigenvalue weighted by molar-refractivity contribution is -0.140. The second-order valence-corrected chi connectivity index (χ2v) is 4.27. The number of methoxy groups -OCH3 is 1. The monoisotopic (exact) mass is 269 g/mol. The molecule has 1 amide bonds. The maximum Gasteiger partial charge on any atom is 0.305 e. The van der Waals surface area contributed by atoms with Crippen LogP contribution in [0.3, 0.4) is 0 Å². The number of amides is 1. The Morgan fingerprint density at radius 2 is 2.17 bits per heavy atom. The summed E-state index contributed by atoms with van der Waals surface area (Å²) in [5, 5.41) is 3.36. The molecule has 0 aliphatic rings. The third-order valence-corrected chi connectivity index (χ3v) is 2.60. The molecule has 0 heterocycles. The van der Waals surface area contributed by atoms with Gasteiger partial charge in [-0.05, 0) is 24.1 Å². The molecule has 0 aliphatic carbocycles. The van der Waals surface area contributed by atoms with Crippen molar-refractivity contribution in [1.29, 1.82) is 0 Å². The Hall–Kier alpha value is -1.55. The summed E-state index contributed by atoms with van der Waals surface area (Å²) >= 11 is 5.82. The van der Waals surface area contributed by atoms with Gasteiger partial charge in [-0.15, -0.1) is 0 Å². The largest absolute Gasteiger partial charge is 0.469 e. The zero-order chi connectivity index (χ0) is 13.4. The topological polar surface area (TPSA) is 55.4 Å². The second kappa shape index (κ2) is 7.71. The van der Waals surface area contributed by atoms with Crippen molar-refractivity contribution in [2.45, 2.75) is 19.3 Å². The highest BCUT2D eigenvalue weighted by Crippen LogP contribution is 2.10. The van der Waals surface area contributed by atoms with Crippen LogP contribution in [0.1, 0.15) is 18.4 Å². The fraction of sp³-hybridized carbons (Fsp3) is 0.385. The van der Waals surface area contributed by atoms with Crippen LogP contribution >= 0.6 is 11.6 Å². The van der Waals surface area contributed by atoms with E-state index in [1.54, 1.807) is 12.1 Å². The smallest absolute Gasteiger partial charge is 0.305 e. The van der Waals surface area contributed by atoms with E-state index < -0.39 is 0 Å². The van der Waals surface area contributed by atoms with Gasteiger partial charge in [0.15, 0.2) is 0 Å². The van der Waals surface area contributed by atoms with E-state index in [4.69, 9.17) is 11.6 Å². The van der Waals surface area contributed by atoms with Gasteiger partial charge in [-0.2, -0.15) is 0 Å². The molecule has 1 rings (SSSR count). The summed E-state index contributed by atoms with van der Waals surface area (Å²) in [6.45, 7) is 0.467. The van der Waals surface area contributed by atoms with E-state index in [2.05, 4.69) is 10.1 Å². The maximum absolute atomic E-state index is 11.6. The molecule has 0 aromatic heterocycles. The molecule has 1 N–H and O–H groups in total. The third kappa shape index (κ3) is 5.68. The molecule has 1 aromatic carbocycles. The molecule has 98 valence electrons. The van der Waals surface area contributed by atoms with E-state index in [1.165, 1.54) is 7.11 Å². The minimum atomic E-state index is -0.265. The van der Waals surface area contributed by atoms with Crippen LogP contribution in [-0.4, -0.2) is 25.5 Å². The average Bonchev–Trinajstić information content (AvgIpc) is 2.34. The van der Waals surface area contributed by atoms with E-state index in [0.29, 0.717) is 30.8 Å². The number of hydrogen-bond acceptors (Lipinski definition) is 3. The van der Waals surface area contributed by atoms with E-state index in [9.17, 15) is 9.59 Å². The summed E-state index contributed by atoms with van der Waals surface area (Å²) in [5.41, 5.74) is 0.868. The molecule has 0 bridgehead atoms. The lowest BCUT2D eigenvalue weighted by Gasteiger charge is -2.05. The van der Waals surface area contributed by atoms with Crippen LogP contribution < -0.4 is 5.32 Å². The molecule has 18 heavy (non-hydrogen) atoms. The first-order chi connectivity index (χ1) is 8.61. The number of esters is 1. The van der Waals surface area contributed by atoms with Crippen molar-refractivity contribution in [2.24, 2.45) is 0 Å². The molecule has 4 nitrogen and oxygen atoms in total. The van der Waals surface area contributed by atoms with Crippen molar-refractivity contribution in [3.8, 4) is 0 Å². The first kappa shape index (κ1) is 14.5. The normalized spacial score (nSPS) is 9.89. The van der Waals surface area contributed by atoms with Crippen molar-refractivity contribution < 1.29 is 14.3 Å². The van der Waals surface area contributed by atoms with Gasteiger partial charge in [0.05, 0.1) is 13.5 Å².